The van der Waals surface area contributed by atoms with E-state index in [0.717, 1.165) is 6.07 Å². The smallest absolute Gasteiger partial charge is 0.416 e. The number of anilines is 2. The molecule has 0 spiro atoms. The molecule has 4 rings (SSSR count). The summed E-state index contributed by atoms with van der Waals surface area (Å²) in [6.07, 6.45) is -3.00. The van der Waals surface area contributed by atoms with Crippen LogP contribution in [0.3, 0.4) is 0 Å². The average Bonchev–Trinajstić information content (AvgIpc) is 3.32. The summed E-state index contributed by atoms with van der Waals surface area (Å²) >= 11 is 1.89. The third-order valence-electron chi connectivity index (χ3n) is 4.76. The number of ether oxygens (including phenoxy) is 1. The molecule has 1 amide bonds. The molecule has 8 nitrogen and oxygen atoms in total. The van der Waals surface area contributed by atoms with Crippen LogP contribution in [0.15, 0.2) is 65.2 Å². The number of carbonyl (C=O) groups excluding carboxylic acids is 1. The Kier molecular flexibility index (Phi) is 7.19. The Morgan fingerprint density at radius 2 is 1.83 bits per heavy atom. The van der Waals surface area contributed by atoms with Crippen LogP contribution in [0.2, 0.25) is 0 Å². The van der Waals surface area contributed by atoms with E-state index in [1.165, 1.54) is 31.4 Å². The number of halogens is 4. The highest BCUT2D eigenvalue weighted by molar-refractivity contribution is 14.1. The molecule has 0 saturated heterocycles. The lowest BCUT2D eigenvalue weighted by molar-refractivity contribution is -0.138. The van der Waals surface area contributed by atoms with Gasteiger partial charge in [-0.25, -0.2) is 0 Å². The molecular weight excluding hydrogens is 578 g/mol. The molecule has 4 aromatic rings. The van der Waals surface area contributed by atoms with E-state index in [0.29, 0.717) is 17.1 Å². The molecule has 2 N–H and O–H groups in total. The molecule has 0 unspecified atom stereocenters. The van der Waals surface area contributed by atoms with Crippen molar-refractivity contribution in [1.82, 2.24) is 20.5 Å². The van der Waals surface area contributed by atoms with Crippen molar-refractivity contribution in [2.24, 2.45) is 0 Å². The van der Waals surface area contributed by atoms with E-state index in [-0.39, 0.29) is 39.2 Å². The van der Waals surface area contributed by atoms with E-state index < -0.39 is 11.7 Å². The third-order valence-corrected chi connectivity index (χ3v) is 5.59. The van der Waals surface area contributed by atoms with Crippen LogP contribution in [0.25, 0.3) is 11.5 Å². The number of benzene rings is 2. The van der Waals surface area contributed by atoms with Gasteiger partial charge in [0.1, 0.15) is 17.2 Å². The van der Waals surface area contributed by atoms with Gasteiger partial charge in [0, 0.05) is 35.0 Å². The Morgan fingerprint density at radius 1 is 1.06 bits per heavy atom. The fourth-order valence-corrected chi connectivity index (χ4v) is 3.74. The van der Waals surface area contributed by atoms with Gasteiger partial charge in [-0.05, 0) is 48.0 Å². The molecular formula is C23H17F3IN5O3. The van der Waals surface area contributed by atoms with Gasteiger partial charge in [-0.15, -0.1) is 5.10 Å². The van der Waals surface area contributed by atoms with Crippen molar-refractivity contribution >= 4 is 40.2 Å². The van der Waals surface area contributed by atoms with Crippen LogP contribution < -0.4 is 15.4 Å². The third kappa shape index (κ3) is 5.88. The summed E-state index contributed by atoms with van der Waals surface area (Å²) < 4.78 is 51.5. The quantitative estimate of drug-likeness (QED) is 0.200. The summed E-state index contributed by atoms with van der Waals surface area (Å²) in [6.45, 7) is 0. The fourth-order valence-electron chi connectivity index (χ4n) is 3.08. The maximum atomic E-state index is 13.3. The molecule has 2 aromatic heterocycles. The van der Waals surface area contributed by atoms with Crippen molar-refractivity contribution in [2.75, 3.05) is 12.4 Å². The van der Waals surface area contributed by atoms with Gasteiger partial charge in [0.25, 0.3) is 5.91 Å². The second-order valence-electron chi connectivity index (χ2n) is 7.12. The molecule has 12 heteroatoms. The Hall–Kier alpha value is -3.68. The Morgan fingerprint density at radius 3 is 2.51 bits per heavy atom. The molecule has 0 atom stereocenters. The lowest BCUT2D eigenvalue weighted by atomic mass is 10.1. The number of alkyl halides is 4. The molecule has 0 bridgehead atoms. The van der Waals surface area contributed by atoms with Crippen molar-refractivity contribution in [2.45, 2.75) is 10.6 Å². The fraction of sp³-hybridized carbons (Fsp3) is 0.130. The standard InChI is InChI=1S/C23H17F3IN5O3/c1-28-20(33)19-11-17(8-9-29-19)34-16-6-3-13(4-7-16)21-31-32-22(35-21)30-15-5-2-14(12-27)18(10-15)23(24,25)26/h2-11H,12H2,1H3,(H,28,33)(H,30,32). The highest BCUT2D eigenvalue weighted by Crippen LogP contribution is 2.35. The molecule has 180 valence electrons. The second-order valence-corrected chi connectivity index (χ2v) is 7.89. The summed E-state index contributed by atoms with van der Waals surface area (Å²) in [4.78, 5) is 15.7. The predicted octanol–water partition coefficient (Wildman–Crippen LogP) is 5.98. The Bertz CT molecular complexity index is 1340. The molecule has 0 aliphatic heterocycles. The van der Waals surface area contributed by atoms with Crippen LogP contribution in [0.5, 0.6) is 11.5 Å². The largest absolute Gasteiger partial charge is 0.457 e. The van der Waals surface area contributed by atoms with E-state index >= 15 is 0 Å². The number of hydrogen-bond acceptors (Lipinski definition) is 7. The first-order valence-corrected chi connectivity index (χ1v) is 11.6. The van der Waals surface area contributed by atoms with Crippen LogP contribution in [0.4, 0.5) is 24.9 Å². The zero-order valence-corrected chi connectivity index (χ0v) is 20.2. The molecule has 0 aliphatic carbocycles. The number of pyridine rings is 1. The summed E-state index contributed by atoms with van der Waals surface area (Å²) in [5.74, 6) is 0.769. The van der Waals surface area contributed by atoms with Crippen LogP contribution in [-0.2, 0) is 10.6 Å². The maximum Gasteiger partial charge on any atom is 0.416 e. The van der Waals surface area contributed by atoms with Gasteiger partial charge in [-0.1, -0.05) is 33.8 Å². The first-order valence-electron chi connectivity index (χ1n) is 10.1. The maximum absolute atomic E-state index is 13.3. The van der Waals surface area contributed by atoms with Crippen molar-refractivity contribution in [3.8, 4) is 23.0 Å². The average molecular weight is 595 g/mol. The predicted molar refractivity (Wildman–Crippen MR) is 130 cm³/mol. The molecule has 2 aromatic carbocycles. The lowest BCUT2D eigenvalue weighted by Crippen LogP contribution is -2.18. The number of nitrogens with zero attached hydrogens (tertiary/aromatic N) is 3. The van der Waals surface area contributed by atoms with Crippen molar-refractivity contribution < 1.29 is 27.1 Å². The van der Waals surface area contributed by atoms with Gasteiger partial charge in [0.15, 0.2) is 0 Å². The van der Waals surface area contributed by atoms with E-state index in [2.05, 4.69) is 25.8 Å². The number of aromatic nitrogens is 3. The van der Waals surface area contributed by atoms with Gasteiger partial charge >= 0.3 is 12.2 Å². The molecule has 0 fully saturated rings. The minimum Gasteiger partial charge on any atom is -0.457 e. The zero-order chi connectivity index (χ0) is 25.0. The molecule has 0 saturated carbocycles. The minimum atomic E-state index is -4.47. The number of carbonyl (C=O) groups is 1. The van der Waals surface area contributed by atoms with Gasteiger partial charge in [-0.3, -0.25) is 9.78 Å². The normalized spacial score (nSPS) is 11.2. The van der Waals surface area contributed by atoms with E-state index in [9.17, 15) is 18.0 Å². The molecule has 2 heterocycles. The molecule has 0 radical (unpaired) electrons. The highest BCUT2D eigenvalue weighted by Gasteiger charge is 2.33. The zero-order valence-electron chi connectivity index (χ0n) is 18.1. The monoisotopic (exact) mass is 595 g/mol. The first-order chi connectivity index (χ1) is 16.8. The van der Waals surface area contributed by atoms with Crippen molar-refractivity contribution in [1.29, 1.82) is 0 Å². The summed E-state index contributed by atoms with van der Waals surface area (Å²) in [7, 11) is 1.51. The van der Waals surface area contributed by atoms with Gasteiger partial charge in [-0.2, -0.15) is 13.2 Å². The van der Waals surface area contributed by atoms with Gasteiger partial charge in [0.2, 0.25) is 5.89 Å². The summed E-state index contributed by atoms with van der Waals surface area (Å²) in [6, 6.07) is 13.7. The van der Waals surface area contributed by atoms with E-state index in [1.54, 1.807) is 30.3 Å². The van der Waals surface area contributed by atoms with Crippen molar-refractivity contribution in [3.63, 3.8) is 0 Å². The molecule has 35 heavy (non-hydrogen) atoms. The summed E-state index contributed by atoms with van der Waals surface area (Å²) in [5, 5.41) is 13.0. The SMILES string of the molecule is CNC(=O)c1cc(Oc2ccc(-c3nnc(Nc4ccc(CI)c(C(F)(F)F)c4)o3)cc2)ccn1. The van der Waals surface area contributed by atoms with Crippen LogP contribution >= 0.6 is 22.6 Å². The van der Waals surface area contributed by atoms with E-state index in [4.69, 9.17) is 9.15 Å². The minimum absolute atomic E-state index is 0.0470. The lowest BCUT2D eigenvalue weighted by Gasteiger charge is -2.13. The summed E-state index contributed by atoms with van der Waals surface area (Å²) in [5.41, 5.74) is 0.449. The van der Waals surface area contributed by atoms with Gasteiger partial charge in [0.05, 0.1) is 5.56 Å². The highest BCUT2D eigenvalue weighted by atomic mass is 127. The van der Waals surface area contributed by atoms with Crippen LogP contribution in [0.1, 0.15) is 21.6 Å². The Labute approximate surface area is 211 Å². The number of hydrogen-bond donors (Lipinski definition) is 2. The number of amides is 1. The topological polar surface area (TPSA) is 102 Å². The molecule has 0 aliphatic rings. The Balaban J connectivity index is 1.46. The van der Waals surface area contributed by atoms with Gasteiger partial charge < -0.3 is 19.8 Å². The van der Waals surface area contributed by atoms with Crippen LogP contribution in [-0.4, -0.2) is 28.1 Å². The number of nitrogens with one attached hydrogen (secondary N) is 2. The van der Waals surface area contributed by atoms with Crippen molar-refractivity contribution in [3.05, 3.63) is 77.6 Å². The van der Waals surface area contributed by atoms with Crippen LogP contribution in [0, 0.1) is 0 Å². The van der Waals surface area contributed by atoms with E-state index in [1.807, 2.05) is 22.6 Å². The second kappa shape index (κ2) is 10.3. The number of rotatable bonds is 7. The first kappa shape index (κ1) is 24.4.